The van der Waals surface area contributed by atoms with E-state index in [1.807, 2.05) is 33.8 Å². The largest absolute Gasteiger partial charge is 0.352 e. The Balaban J connectivity index is 2.24. The highest BCUT2D eigenvalue weighted by Crippen LogP contribution is 2.25. The first-order chi connectivity index (χ1) is 16.8. The summed E-state index contributed by atoms with van der Waals surface area (Å²) < 4.78 is 26.2. The topological polar surface area (TPSA) is 86.8 Å². The molecule has 2 aromatic rings. The molecule has 1 atom stereocenters. The maximum atomic E-state index is 13.4. The summed E-state index contributed by atoms with van der Waals surface area (Å²) >= 11 is 12.2. The molecule has 10 heteroatoms. The van der Waals surface area contributed by atoms with Crippen molar-refractivity contribution in [1.82, 2.24) is 10.2 Å². The summed E-state index contributed by atoms with van der Waals surface area (Å²) in [5.74, 6) is -0.483. The van der Waals surface area contributed by atoms with E-state index in [2.05, 4.69) is 5.32 Å². The van der Waals surface area contributed by atoms with Crippen LogP contribution in [0.2, 0.25) is 10.0 Å². The number of benzene rings is 2. The third kappa shape index (κ3) is 8.68. The van der Waals surface area contributed by atoms with Gasteiger partial charge in [-0.15, -0.1) is 0 Å². The second kappa shape index (κ2) is 13.3. The van der Waals surface area contributed by atoms with Crippen molar-refractivity contribution in [3.63, 3.8) is 0 Å². The predicted molar refractivity (Wildman–Crippen MR) is 147 cm³/mol. The van der Waals surface area contributed by atoms with Crippen LogP contribution in [0.5, 0.6) is 0 Å². The smallest absolute Gasteiger partial charge is 0.243 e. The van der Waals surface area contributed by atoms with Gasteiger partial charge in [0, 0.05) is 25.6 Å². The van der Waals surface area contributed by atoms with E-state index >= 15 is 0 Å². The molecule has 0 radical (unpaired) electrons. The molecular formula is C26H35Cl2N3O4S. The van der Waals surface area contributed by atoms with Gasteiger partial charge in [-0.3, -0.25) is 13.9 Å². The molecule has 0 saturated carbocycles. The number of nitrogens with one attached hydrogen (secondary N) is 1. The number of aryl methyl sites for hydroxylation is 1. The number of halogens is 2. The lowest BCUT2D eigenvalue weighted by Crippen LogP contribution is -2.50. The van der Waals surface area contributed by atoms with Crippen molar-refractivity contribution in [3.8, 4) is 0 Å². The second-order valence-electron chi connectivity index (χ2n) is 9.14. The van der Waals surface area contributed by atoms with Crippen LogP contribution < -0.4 is 9.62 Å². The number of sulfonamides is 1. The number of amides is 2. The van der Waals surface area contributed by atoms with E-state index in [4.69, 9.17) is 23.2 Å². The Labute approximate surface area is 224 Å². The van der Waals surface area contributed by atoms with Gasteiger partial charge < -0.3 is 10.2 Å². The first kappa shape index (κ1) is 29.9. The van der Waals surface area contributed by atoms with Crippen LogP contribution in [0.4, 0.5) is 5.69 Å². The maximum Gasteiger partial charge on any atom is 0.243 e. The number of rotatable bonds is 12. The van der Waals surface area contributed by atoms with E-state index in [1.165, 1.54) is 9.21 Å². The van der Waals surface area contributed by atoms with Crippen LogP contribution in [0, 0.1) is 6.92 Å². The van der Waals surface area contributed by atoms with Crippen LogP contribution in [0.15, 0.2) is 42.5 Å². The normalized spacial score (nSPS) is 12.3. The first-order valence-corrected chi connectivity index (χ1v) is 14.5. The minimum atomic E-state index is -3.54. The highest BCUT2D eigenvalue weighted by molar-refractivity contribution is 7.92. The Kier molecular flexibility index (Phi) is 11.1. The van der Waals surface area contributed by atoms with Gasteiger partial charge in [0.25, 0.3) is 0 Å². The van der Waals surface area contributed by atoms with Crippen molar-refractivity contribution < 1.29 is 18.0 Å². The molecule has 1 unspecified atom stereocenters. The molecule has 0 saturated heterocycles. The number of anilines is 1. The summed E-state index contributed by atoms with van der Waals surface area (Å²) in [5.41, 5.74) is 2.23. The molecule has 0 heterocycles. The Hall–Kier alpha value is -2.29. The van der Waals surface area contributed by atoms with E-state index < -0.39 is 16.1 Å². The Bertz CT molecular complexity index is 1170. The number of hydrogen-bond acceptors (Lipinski definition) is 4. The predicted octanol–water partition coefficient (Wildman–Crippen LogP) is 5.18. The molecule has 7 nitrogen and oxygen atoms in total. The lowest BCUT2D eigenvalue weighted by molar-refractivity contribution is -0.141. The summed E-state index contributed by atoms with van der Waals surface area (Å²) in [7, 11) is -3.54. The average molecular weight is 557 g/mol. The summed E-state index contributed by atoms with van der Waals surface area (Å²) in [4.78, 5) is 27.9. The fourth-order valence-electron chi connectivity index (χ4n) is 3.92. The van der Waals surface area contributed by atoms with Crippen LogP contribution in [0.3, 0.4) is 0 Å². The van der Waals surface area contributed by atoms with Crippen molar-refractivity contribution in [2.45, 2.75) is 65.6 Å². The van der Waals surface area contributed by atoms with Gasteiger partial charge in [0.15, 0.2) is 0 Å². The molecule has 2 aromatic carbocycles. The number of nitrogens with zero attached hydrogens (tertiary/aromatic N) is 2. The van der Waals surface area contributed by atoms with Crippen LogP contribution >= 0.6 is 23.2 Å². The molecule has 2 amide bonds. The third-order valence-corrected chi connectivity index (χ3v) is 7.53. The highest BCUT2D eigenvalue weighted by Gasteiger charge is 2.29. The fourth-order valence-corrected chi connectivity index (χ4v) is 5.20. The summed E-state index contributed by atoms with van der Waals surface area (Å²) in [5, 5.41) is 3.66. The van der Waals surface area contributed by atoms with Gasteiger partial charge in [-0.25, -0.2) is 8.42 Å². The molecule has 1 N–H and O–H groups in total. The van der Waals surface area contributed by atoms with Gasteiger partial charge in [0.05, 0.1) is 22.0 Å². The Morgan fingerprint density at radius 1 is 1.06 bits per heavy atom. The molecule has 36 heavy (non-hydrogen) atoms. The minimum Gasteiger partial charge on any atom is -0.352 e. The molecule has 0 spiro atoms. The van der Waals surface area contributed by atoms with Crippen molar-refractivity contribution >= 4 is 50.7 Å². The first-order valence-electron chi connectivity index (χ1n) is 11.9. The second-order valence-corrected chi connectivity index (χ2v) is 11.9. The molecule has 0 aliphatic carbocycles. The molecule has 198 valence electrons. The lowest BCUT2D eigenvalue weighted by atomic mass is 10.1. The molecule has 0 aromatic heterocycles. The molecule has 0 fully saturated rings. The number of carbonyl (C=O) groups is 2. The summed E-state index contributed by atoms with van der Waals surface area (Å²) in [6.07, 6.45) is 1.94. The van der Waals surface area contributed by atoms with E-state index in [0.717, 1.165) is 17.4 Å². The molecule has 0 aliphatic rings. The van der Waals surface area contributed by atoms with Crippen LogP contribution in [0.25, 0.3) is 0 Å². The zero-order valence-electron chi connectivity index (χ0n) is 21.4. The summed E-state index contributed by atoms with van der Waals surface area (Å²) in [6.45, 7) is 7.78. The Morgan fingerprint density at radius 2 is 1.75 bits per heavy atom. The van der Waals surface area contributed by atoms with Gasteiger partial charge in [-0.1, -0.05) is 48.3 Å². The van der Waals surface area contributed by atoms with Gasteiger partial charge in [0.2, 0.25) is 21.8 Å². The molecule has 0 aliphatic heterocycles. The maximum absolute atomic E-state index is 13.4. The zero-order valence-corrected chi connectivity index (χ0v) is 23.8. The van der Waals surface area contributed by atoms with Crippen LogP contribution in [-0.2, 0) is 26.2 Å². The van der Waals surface area contributed by atoms with Crippen LogP contribution in [0.1, 0.15) is 51.2 Å². The third-order valence-electron chi connectivity index (χ3n) is 5.60. The molecule has 0 bridgehead atoms. The van der Waals surface area contributed by atoms with Crippen LogP contribution in [-0.4, -0.2) is 50.0 Å². The SMILES string of the molecule is CCC(C(=O)NC(C)C)N(Cc1ccc(Cl)c(Cl)c1)C(=O)CCCN(c1cccc(C)c1)S(C)(=O)=O. The van der Waals surface area contributed by atoms with Gasteiger partial charge in [0.1, 0.15) is 6.04 Å². The van der Waals surface area contributed by atoms with Crippen molar-refractivity contribution in [1.29, 1.82) is 0 Å². The van der Waals surface area contributed by atoms with E-state index in [9.17, 15) is 18.0 Å². The van der Waals surface area contributed by atoms with E-state index in [-0.39, 0.29) is 37.4 Å². The van der Waals surface area contributed by atoms with Crippen molar-refractivity contribution in [2.75, 3.05) is 17.1 Å². The average Bonchev–Trinajstić information content (AvgIpc) is 2.77. The number of carbonyl (C=O) groups excluding carboxylic acids is 2. The Morgan fingerprint density at radius 3 is 2.31 bits per heavy atom. The standard InChI is InChI=1S/C26H35Cl2N3O4S/c1-6-24(26(33)29-18(2)3)30(17-20-12-13-22(27)23(28)16-20)25(32)11-8-14-31(36(5,34)35)21-10-7-9-19(4)15-21/h7,9-10,12-13,15-16,18,24H,6,8,11,14,17H2,1-5H3,(H,29,33). The minimum absolute atomic E-state index is 0.0740. The molecular weight excluding hydrogens is 521 g/mol. The quantitative estimate of drug-likeness (QED) is 0.391. The van der Waals surface area contributed by atoms with Gasteiger partial charge in [-0.2, -0.15) is 0 Å². The zero-order chi connectivity index (χ0) is 27.0. The van der Waals surface area contributed by atoms with E-state index in [0.29, 0.717) is 28.6 Å². The summed E-state index contributed by atoms with van der Waals surface area (Å²) in [6, 6.07) is 11.6. The van der Waals surface area contributed by atoms with Gasteiger partial charge >= 0.3 is 0 Å². The monoisotopic (exact) mass is 555 g/mol. The van der Waals surface area contributed by atoms with Crippen molar-refractivity contribution in [3.05, 3.63) is 63.6 Å². The fraction of sp³-hybridized carbons (Fsp3) is 0.462. The lowest BCUT2D eigenvalue weighted by Gasteiger charge is -2.31. The highest BCUT2D eigenvalue weighted by atomic mass is 35.5. The molecule has 2 rings (SSSR count). The van der Waals surface area contributed by atoms with Crippen molar-refractivity contribution in [2.24, 2.45) is 0 Å². The number of hydrogen-bond donors (Lipinski definition) is 1. The van der Waals surface area contributed by atoms with Gasteiger partial charge in [-0.05, 0) is 69.0 Å². The van der Waals surface area contributed by atoms with E-state index in [1.54, 1.807) is 36.4 Å².